The molecule has 156 valence electrons. The monoisotopic (exact) mass is 474 g/mol. The predicted octanol–water partition coefficient (Wildman–Crippen LogP) is 5.81. The van der Waals surface area contributed by atoms with Gasteiger partial charge in [0, 0.05) is 57.7 Å². The van der Waals surface area contributed by atoms with Gasteiger partial charge in [-0.25, -0.2) is 4.98 Å². The third-order valence-corrected chi connectivity index (χ3v) is 5.93. The summed E-state index contributed by atoms with van der Waals surface area (Å²) in [6.07, 6.45) is 8.53. The van der Waals surface area contributed by atoms with Crippen molar-refractivity contribution in [3.8, 4) is 11.3 Å². The Bertz CT molecular complexity index is 1370. The molecule has 31 heavy (non-hydrogen) atoms. The fourth-order valence-electron chi connectivity index (χ4n) is 3.88. The number of nitrogens with zero attached hydrogens (tertiary/aromatic N) is 4. The molecule has 2 N–H and O–H groups in total. The first-order chi connectivity index (χ1) is 15.1. The summed E-state index contributed by atoms with van der Waals surface area (Å²) in [6, 6.07) is 12.5. The minimum Gasteiger partial charge on any atom is -0.370 e. The first-order valence-corrected chi connectivity index (χ1v) is 11.2. The number of pyridine rings is 1. The van der Waals surface area contributed by atoms with Crippen molar-refractivity contribution in [2.75, 3.05) is 11.9 Å². The molecule has 0 fully saturated rings. The van der Waals surface area contributed by atoms with E-state index >= 15 is 0 Å². The van der Waals surface area contributed by atoms with Crippen LogP contribution < -0.4 is 5.32 Å². The third kappa shape index (κ3) is 3.81. The average molecular weight is 475 g/mol. The lowest BCUT2D eigenvalue weighted by Gasteiger charge is -2.12. The molecule has 0 bridgehead atoms. The highest BCUT2D eigenvalue weighted by Gasteiger charge is 2.15. The van der Waals surface area contributed by atoms with E-state index in [0.717, 1.165) is 45.7 Å². The lowest BCUT2D eigenvalue weighted by molar-refractivity contribution is 0.871. The van der Waals surface area contributed by atoms with E-state index in [1.807, 2.05) is 29.0 Å². The van der Waals surface area contributed by atoms with E-state index < -0.39 is 0 Å². The Kier molecular flexibility index (Phi) is 5.19. The molecule has 6 nitrogen and oxygen atoms in total. The zero-order valence-corrected chi connectivity index (χ0v) is 19.0. The molecule has 0 saturated heterocycles. The molecule has 0 unspecified atom stereocenters. The molecular formula is C24H23BrN6. The van der Waals surface area contributed by atoms with Crippen LogP contribution in [0.3, 0.4) is 0 Å². The molecule has 0 atom stereocenters. The van der Waals surface area contributed by atoms with Gasteiger partial charge < -0.3 is 10.3 Å². The number of aromatic amines is 1. The van der Waals surface area contributed by atoms with Crippen LogP contribution in [-0.4, -0.2) is 31.1 Å². The summed E-state index contributed by atoms with van der Waals surface area (Å²) in [5, 5.41) is 9.47. The fourth-order valence-corrected chi connectivity index (χ4v) is 4.24. The van der Waals surface area contributed by atoms with Crippen LogP contribution in [0.15, 0.2) is 65.7 Å². The van der Waals surface area contributed by atoms with Crippen LogP contribution in [0.1, 0.15) is 30.9 Å². The highest BCUT2D eigenvalue weighted by atomic mass is 79.9. The van der Waals surface area contributed by atoms with E-state index in [9.17, 15) is 0 Å². The van der Waals surface area contributed by atoms with E-state index in [1.54, 1.807) is 6.20 Å². The third-order valence-electron chi connectivity index (χ3n) is 5.50. The van der Waals surface area contributed by atoms with Gasteiger partial charge in [0.15, 0.2) is 5.65 Å². The molecule has 4 aromatic heterocycles. The Morgan fingerprint density at radius 1 is 1.13 bits per heavy atom. The first-order valence-electron chi connectivity index (χ1n) is 10.4. The van der Waals surface area contributed by atoms with Gasteiger partial charge in [-0.1, -0.05) is 32.0 Å². The maximum Gasteiger partial charge on any atom is 0.161 e. The molecule has 0 aliphatic carbocycles. The zero-order valence-electron chi connectivity index (χ0n) is 17.4. The molecule has 0 radical (unpaired) electrons. The maximum atomic E-state index is 4.92. The Balaban J connectivity index is 1.49. The van der Waals surface area contributed by atoms with Crippen LogP contribution >= 0.6 is 15.9 Å². The molecule has 0 aliphatic heterocycles. The average Bonchev–Trinajstić information content (AvgIpc) is 3.38. The molecular weight excluding hydrogens is 452 g/mol. The van der Waals surface area contributed by atoms with E-state index in [0.29, 0.717) is 5.92 Å². The topological polar surface area (TPSA) is 70.9 Å². The first kappa shape index (κ1) is 19.8. The van der Waals surface area contributed by atoms with Crippen molar-refractivity contribution < 1.29 is 0 Å². The van der Waals surface area contributed by atoms with Gasteiger partial charge in [0.25, 0.3) is 0 Å². The summed E-state index contributed by atoms with van der Waals surface area (Å²) in [4.78, 5) is 12.6. The fraction of sp³-hybridized carbons (Fsp3) is 0.208. The van der Waals surface area contributed by atoms with Crippen LogP contribution in [0.4, 0.5) is 5.82 Å². The Labute approximate surface area is 188 Å². The molecule has 5 rings (SSSR count). The molecule has 5 aromatic rings. The number of para-hydroxylation sites is 1. The number of benzene rings is 1. The molecule has 0 spiro atoms. The zero-order chi connectivity index (χ0) is 21.4. The van der Waals surface area contributed by atoms with Gasteiger partial charge in [0.1, 0.15) is 5.82 Å². The smallest absolute Gasteiger partial charge is 0.161 e. The highest BCUT2D eigenvalue weighted by Crippen LogP contribution is 2.28. The Hall–Kier alpha value is -3.19. The van der Waals surface area contributed by atoms with Gasteiger partial charge in [-0.15, -0.1) is 0 Å². The van der Waals surface area contributed by atoms with Crippen LogP contribution in [0.2, 0.25) is 0 Å². The normalized spacial score (nSPS) is 11.6. The summed E-state index contributed by atoms with van der Waals surface area (Å²) in [5.74, 6) is 1.26. The minimum atomic E-state index is 0.333. The van der Waals surface area contributed by atoms with Crippen LogP contribution in [0.5, 0.6) is 0 Å². The molecule has 7 heteroatoms. The number of anilines is 1. The van der Waals surface area contributed by atoms with E-state index in [1.165, 1.54) is 16.5 Å². The largest absolute Gasteiger partial charge is 0.370 e. The van der Waals surface area contributed by atoms with Gasteiger partial charge >= 0.3 is 0 Å². The second kappa shape index (κ2) is 8.15. The Morgan fingerprint density at radius 3 is 2.84 bits per heavy atom. The minimum absolute atomic E-state index is 0.333. The van der Waals surface area contributed by atoms with E-state index in [2.05, 4.69) is 80.6 Å². The molecule has 0 amide bonds. The summed E-state index contributed by atoms with van der Waals surface area (Å²) in [5.41, 5.74) is 6.31. The number of H-pyrrole nitrogens is 1. The molecule has 1 aromatic carbocycles. The van der Waals surface area contributed by atoms with Gasteiger partial charge in [0.05, 0.1) is 11.9 Å². The number of rotatable bonds is 6. The number of hydrogen-bond donors (Lipinski definition) is 2. The van der Waals surface area contributed by atoms with Gasteiger partial charge in [-0.2, -0.15) is 9.61 Å². The summed E-state index contributed by atoms with van der Waals surface area (Å²) < 4.78 is 2.83. The van der Waals surface area contributed by atoms with Crippen molar-refractivity contribution in [1.82, 2.24) is 24.6 Å². The van der Waals surface area contributed by atoms with Gasteiger partial charge in [-0.3, -0.25) is 4.98 Å². The van der Waals surface area contributed by atoms with Crippen molar-refractivity contribution in [2.45, 2.75) is 26.2 Å². The van der Waals surface area contributed by atoms with E-state index in [-0.39, 0.29) is 0 Å². The predicted molar refractivity (Wildman–Crippen MR) is 128 cm³/mol. The number of halogens is 1. The van der Waals surface area contributed by atoms with Crippen molar-refractivity contribution in [3.05, 3.63) is 76.8 Å². The summed E-state index contributed by atoms with van der Waals surface area (Å²) in [7, 11) is 0. The second-order valence-corrected chi connectivity index (χ2v) is 8.86. The Morgan fingerprint density at radius 2 is 2.00 bits per heavy atom. The van der Waals surface area contributed by atoms with Crippen molar-refractivity contribution >= 4 is 38.3 Å². The van der Waals surface area contributed by atoms with Crippen LogP contribution in [0, 0.1) is 0 Å². The van der Waals surface area contributed by atoms with E-state index in [4.69, 9.17) is 4.98 Å². The molecule has 4 heterocycles. The van der Waals surface area contributed by atoms with Gasteiger partial charge in [0.2, 0.25) is 0 Å². The standard InChI is InChI=1S/C24H23BrN6/c1-15(2)20-14-29-31-23(10-22(30-24(20)31)17-9-18(25)13-26-11-17)27-8-7-16-12-28-21-6-4-3-5-19(16)21/h3-6,9-15,27-28H,7-8H2,1-2H3. The summed E-state index contributed by atoms with van der Waals surface area (Å²) in [6.45, 7) is 5.11. The number of fused-ring (bicyclic) bond motifs is 2. The van der Waals surface area contributed by atoms with Gasteiger partial charge in [-0.05, 0) is 46.0 Å². The van der Waals surface area contributed by atoms with Crippen molar-refractivity contribution in [1.29, 1.82) is 0 Å². The number of aromatic nitrogens is 5. The summed E-state index contributed by atoms with van der Waals surface area (Å²) >= 11 is 3.52. The lowest BCUT2D eigenvalue weighted by atomic mass is 10.1. The quantitative estimate of drug-likeness (QED) is 0.325. The molecule has 0 saturated carbocycles. The van der Waals surface area contributed by atoms with Crippen molar-refractivity contribution in [3.63, 3.8) is 0 Å². The lowest BCUT2D eigenvalue weighted by Crippen LogP contribution is -2.10. The highest BCUT2D eigenvalue weighted by molar-refractivity contribution is 9.10. The van der Waals surface area contributed by atoms with Crippen LogP contribution in [-0.2, 0) is 6.42 Å². The van der Waals surface area contributed by atoms with Crippen molar-refractivity contribution in [2.24, 2.45) is 0 Å². The maximum absolute atomic E-state index is 4.92. The van der Waals surface area contributed by atoms with Crippen LogP contribution in [0.25, 0.3) is 27.8 Å². The number of hydrogen-bond acceptors (Lipinski definition) is 4. The SMILES string of the molecule is CC(C)c1cnn2c(NCCc3c[nH]c4ccccc34)cc(-c3cncc(Br)c3)nc12. The molecule has 0 aliphatic rings. The second-order valence-electron chi connectivity index (χ2n) is 7.94. The number of nitrogens with one attached hydrogen (secondary N) is 2.